The minimum atomic E-state index is -0.573. The summed E-state index contributed by atoms with van der Waals surface area (Å²) in [4.78, 5) is 38.8. The van der Waals surface area contributed by atoms with Gasteiger partial charge < -0.3 is 9.64 Å². The van der Waals surface area contributed by atoms with Crippen LogP contribution in [0.4, 0.5) is 5.69 Å². The molecule has 9 nitrogen and oxygen atoms in total. The molecule has 0 bridgehead atoms. The largest absolute Gasteiger partial charge is 0.494 e. The third-order valence-electron chi connectivity index (χ3n) is 5.15. The molecule has 3 amide bonds. The number of nitrogens with zero attached hydrogens (tertiary/aromatic N) is 2. The first-order chi connectivity index (χ1) is 15.5. The molecule has 1 saturated heterocycles. The number of aromatic nitrogens is 2. The van der Waals surface area contributed by atoms with Crippen molar-refractivity contribution in [2.75, 3.05) is 18.1 Å². The molecule has 0 unspecified atom stereocenters. The Kier molecular flexibility index (Phi) is 6.16. The van der Waals surface area contributed by atoms with Crippen molar-refractivity contribution in [3.63, 3.8) is 0 Å². The Bertz CT molecular complexity index is 1110. The summed E-state index contributed by atoms with van der Waals surface area (Å²) >= 11 is 0. The maximum Gasteiger partial charge on any atom is 0.287 e. The lowest BCUT2D eigenvalue weighted by Crippen LogP contribution is -2.45. The van der Waals surface area contributed by atoms with Gasteiger partial charge in [-0.3, -0.25) is 30.3 Å². The second-order valence-corrected chi connectivity index (χ2v) is 7.31. The standard InChI is InChI=1S/C23H23N5O4/c1-2-32-18-10-8-17(9-11-18)28-14-16(12-21(28)29)22(30)26-27-23(31)20-13-19(24-25-20)15-6-4-3-5-7-15/h3-11,13,16H,2,12,14H2,1H3,(H,24,25)(H,26,30)(H,27,31)/t16-/m0/s1. The summed E-state index contributed by atoms with van der Waals surface area (Å²) in [5.74, 6) is -0.962. The van der Waals surface area contributed by atoms with Gasteiger partial charge in [0, 0.05) is 24.2 Å². The third-order valence-corrected chi connectivity index (χ3v) is 5.15. The second-order valence-electron chi connectivity index (χ2n) is 7.31. The van der Waals surface area contributed by atoms with Crippen LogP contribution in [0, 0.1) is 5.92 Å². The van der Waals surface area contributed by atoms with Crippen molar-refractivity contribution in [3.8, 4) is 17.0 Å². The average Bonchev–Trinajstić information content (AvgIpc) is 3.46. The number of hydrogen-bond donors (Lipinski definition) is 3. The lowest BCUT2D eigenvalue weighted by Gasteiger charge is -2.17. The zero-order valence-electron chi connectivity index (χ0n) is 17.5. The van der Waals surface area contributed by atoms with Crippen molar-refractivity contribution in [2.45, 2.75) is 13.3 Å². The normalized spacial score (nSPS) is 15.5. The van der Waals surface area contributed by atoms with Crippen molar-refractivity contribution in [1.82, 2.24) is 21.0 Å². The molecule has 0 saturated carbocycles. The Morgan fingerprint density at radius 1 is 1.12 bits per heavy atom. The fraction of sp³-hybridized carbons (Fsp3) is 0.217. The van der Waals surface area contributed by atoms with Crippen LogP contribution in [0.5, 0.6) is 5.75 Å². The van der Waals surface area contributed by atoms with Crippen LogP contribution in [0.2, 0.25) is 0 Å². The number of carbonyl (C=O) groups excluding carboxylic acids is 3. The van der Waals surface area contributed by atoms with E-state index in [9.17, 15) is 14.4 Å². The Hall–Kier alpha value is -4.14. The highest BCUT2D eigenvalue weighted by atomic mass is 16.5. The van der Waals surface area contributed by atoms with E-state index in [0.717, 1.165) is 5.56 Å². The van der Waals surface area contributed by atoms with E-state index in [0.29, 0.717) is 23.7 Å². The van der Waals surface area contributed by atoms with E-state index in [1.807, 2.05) is 37.3 Å². The number of anilines is 1. The molecule has 1 aromatic heterocycles. The molecule has 3 aromatic rings. The molecule has 3 N–H and O–H groups in total. The van der Waals surface area contributed by atoms with Crippen molar-refractivity contribution in [3.05, 3.63) is 66.4 Å². The highest BCUT2D eigenvalue weighted by molar-refractivity contribution is 6.01. The summed E-state index contributed by atoms with van der Waals surface area (Å²) in [6.07, 6.45) is 0.0666. The molecule has 0 radical (unpaired) electrons. The van der Waals surface area contributed by atoms with Gasteiger partial charge in [-0.1, -0.05) is 30.3 Å². The topological polar surface area (TPSA) is 116 Å². The van der Waals surface area contributed by atoms with E-state index in [-0.39, 0.29) is 24.6 Å². The van der Waals surface area contributed by atoms with Crippen LogP contribution in [0.25, 0.3) is 11.3 Å². The Balaban J connectivity index is 1.32. The Morgan fingerprint density at radius 3 is 2.59 bits per heavy atom. The van der Waals surface area contributed by atoms with Gasteiger partial charge in [-0.15, -0.1) is 0 Å². The number of carbonyl (C=O) groups is 3. The van der Waals surface area contributed by atoms with Crippen LogP contribution in [-0.2, 0) is 9.59 Å². The third kappa shape index (κ3) is 4.61. The highest BCUT2D eigenvalue weighted by Crippen LogP contribution is 2.27. The molecule has 4 rings (SSSR count). The van der Waals surface area contributed by atoms with Crippen molar-refractivity contribution in [2.24, 2.45) is 5.92 Å². The number of rotatable bonds is 6. The molecule has 32 heavy (non-hydrogen) atoms. The summed E-state index contributed by atoms with van der Waals surface area (Å²) in [6, 6.07) is 18.2. The van der Waals surface area contributed by atoms with Gasteiger partial charge in [0.05, 0.1) is 18.2 Å². The van der Waals surface area contributed by atoms with E-state index in [1.54, 1.807) is 35.2 Å². The predicted molar refractivity (Wildman–Crippen MR) is 118 cm³/mol. The molecule has 0 aliphatic carbocycles. The van der Waals surface area contributed by atoms with Gasteiger partial charge in [0.2, 0.25) is 11.8 Å². The Labute approximate surface area is 184 Å². The number of ether oxygens (including phenoxy) is 1. The van der Waals surface area contributed by atoms with Crippen LogP contribution in [-0.4, -0.2) is 41.1 Å². The van der Waals surface area contributed by atoms with Crippen molar-refractivity contribution in [1.29, 1.82) is 0 Å². The fourth-order valence-electron chi connectivity index (χ4n) is 3.50. The molecule has 1 aliphatic heterocycles. The summed E-state index contributed by atoms with van der Waals surface area (Å²) in [5, 5.41) is 6.78. The van der Waals surface area contributed by atoms with E-state index in [1.165, 1.54) is 0 Å². The van der Waals surface area contributed by atoms with Gasteiger partial charge in [0.15, 0.2) is 0 Å². The molecule has 0 spiro atoms. The van der Waals surface area contributed by atoms with E-state index < -0.39 is 17.7 Å². The molecular formula is C23H23N5O4. The first-order valence-corrected chi connectivity index (χ1v) is 10.3. The molecular weight excluding hydrogens is 410 g/mol. The maximum absolute atomic E-state index is 12.5. The first-order valence-electron chi connectivity index (χ1n) is 10.3. The predicted octanol–water partition coefficient (Wildman–Crippen LogP) is 2.29. The number of aromatic amines is 1. The molecule has 1 fully saturated rings. The molecule has 9 heteroatoms. The smallest absolute Gasteiger partial charge is 0.287 e. The minimum Gasteiger partial charge on any atom is -0.494 e. The lowest BCUT2D eigenvalue weighted by atomic mass is 10.1. The van der Waals surface area contributed by atoms with Crippen molar-refractivity contribution >= 4 is 23.4 Å². The van der Waals surface area contributed by atoms with Crippen LogP contribution in [0.3, 0.4) is 0 Å². The number of amides is 3. The SMILES string of the molecule is CCOc1ccc(N2C[C@@H](C(=O)NNC(=O)c3cc(-c4ccccc4)n[nH]3)CC2=O)cc1. The van der Waals surface area contributed by atoms with E-state index >= 15 is 0 Å². The van der Waals surface area contributed by atoms with Gasteiger partial charge in [-0.2, -0.15) is 5.10 Å². The van der Waals surface area contributed by atoms with E-state index in [2.05, 4.69) is 21.0 Å². The number of nitrogens with one attached hydrogen (secondary N) is 3. The molecule has 2 heterocycles. The summed E-state index contributed by atoms with van der Waals surface area (Å²) in [5.41, 5.74) is 7.18. The quantitative estimate of drug-likeness (QED) is 0.516. The van der Waals surface area contributed by atoms with Crippen LogP contribution >= 0.6 is 0 Å². The molecule has 164 valence electrons. The highest BCUT2D eigenvalue weighted by Gasteiger charge is 2.35. The summed E-state index contributed by atoms with van der Waals surface area (Å²) in [7, 11) is 0. The minimum absolute atomic E-state index is 0.0666. The van der Waals surface area contributed by atoms with Crippen LogP contribution < -0.4 is 20.5 Å². The second kappa shape index (κ2) is 9.34. The maximum atomic E-state index is 12.5. The lowest BCUT2D eigenvalue weighted by molar-refractivity contribution is -0.126. The number of hydrogen-bond acceptors (Lipinski definition) is 5. The van der Waals surface area contributed by atoms with Gasteiger partial charge >= 0.3 is 0 Å². The van der Waals surface area contributed by atoms with Gasteiger partial charge in [-0.25, -0.2) is 0 Å². The number of benzene rings is 2. The van der Waals surface area contributed by atoms with Gasteiger partial charge in [0.25, 0.3) is 5.91 Å². The van der Waals surface area contributed by atoms with Crippen LogP contribution in [0.15, 0.2) is 60.7 Å². The average molecular weight is 433 g/mol. The number of H-pyrrole nitrogens is 1. The van der Waals surface area contributed by atoms with Crippen LogP contribution in [0.1, 0.15) is 23.8 Å². The van der Waals surface area contributed by atoms with E-state index in [4.69, 9.17) is 4.74 Å². The monoisotopic (exact) mass is 433 g/mol. The van der Waals surface area contributed by atoms with Crippen molar-refractivity contribution < 1.29 is 19.1 Å². The first kappa shape index (κ1) is 21.1. The molecule has 2 aromatic carbocycles. The fourth-order valence-corrected chi connectivity index (χ4v) is 3.50. The van der Waals surface area contributed by atoms with Gasteiger partial charge in [0.1, 0.15) is 11.4 Å². The summed E-state index contributed by atoms with van der Waals surface area (Å²) in [6.45, 7) is 2.69. The molecule has 1 aliphatic rings. The zero-order valence-corrected chi connectivity index (χ0v) is 17.5. The molecule has 1 atom stereocenters. The number of hydrazine groups is 1. The Morgan fingerprint density at radius 2 is 1.88 bits per heavy atom. The van der Waals surface area contributed by atoms with Gasteiger partial charge in [-0.05, 0) is 37.3 Å². The summed E-state index contributed by atoms with van der Waals surface area (Å²) < 4.78 is 5.41. The zero-order chi connectivity index (χ0) is 22.5.